The topological polar surface area (TPSA) is 18.5 Å². The summed E-state index contributed by atoms with van der Waals surface area (Å²) in [5.41, 5.74) is 0. The summed E-state index contributed by atoms with van der Waals surface area (Å²) in [6, 6.07) is 6.02. The zero-order chi connectivity index (χ0) is 10.2. The quantitative estimate of drug-likeness (QED) is 0.654. The maximum Gasteiger partial charge on any atom is 0.123 e. The van der Waals surface area contributed by atoms with Gasteiger partial charge in [-0.3, -0.25) is 0 Å². The van der Waals surface area contributed by atoms with Gasteiger partial charge in [0, 0.05) is 19.6 Å². The van der Waals surface area contributed by atoms with Gasteiger partial charge in [0.15, 0.2) is 0 Å². The van der Waals surface area contributed by atoms with Gasteiger partial charge in [0.25, 0.3) is 0 Å². The second-order valence-corrected chi connectivity index (χ2v) is 2.85. The number of hydrogen-bond donors (Lipinski definition) is 0. The van der Waals surface area contributed by atoms with Gasteiger partial charge in [-0.05, 0) is 31.2 Å². The van der Waals surface area contributed by atoms with Crippen LogP contribution in [0.1, 0.15) is 13.3 Å². The Morgan fingerprint density at radius 1 is 1.14 bits per heavy atom. The van der Waals surface area contributed by atoms with E-state index in [1.807, 2.05) is 6.92 Å². The molecule has 78 valence electrons. The molecule has 0 heterocycles. The van der Waals surface area contributed by atoms with E-state index in [4.69, 9.17) is 9.47 Å². The average molecular weight is 198 g/mol. The highest BCUT2D eigenvalue weighted by Crippen LogP contribution is 2.10. The second-order valence-electron chi connectivity index (χ2n) is 2.85. The lowest BCUT2D eigenvalue weighted by atomic mass is 10.3. The molecule has 0 atom stereocenters. The minimum Gasteiger partial charge on any atom is -0.494 e. The highest BCUT2D eigenvalue weighted by atomic mass is 19.1. The van der Waals surface area contributed by atoms with Gasteiger partial charge in [-0.2, -0.15) is 0 Å². The number of ether oxygens (including phenoxy) is 2. The van der Waals surface area contributed by atoms with Gasteiger partial charge in [0.05, 0.1) is 6.61 Å². The standard InChI is InChI=1S/C11H15FO2/c1-2-13-8-3-9-14-11-6-4-10(12)5-7-11/h4-7H,2-3,8-9H2,1H3. The van der Waals surface area contributed by atoms with Crippen LogP contribution in [0.25, 0.3) is 0 Å². The third-order valence-electron chi connectivity index (χ3n) is 1.72. The summed E-state index contributed by atoms with van der Waals surface area (Å²) in [4.78, 5) is 0. The molecule has 0 radical (unpaired) electrons. The first kappa shape index (κ1) is 11.0. The van der Waals surface area contributed by atoms with E-state index in [0.29, 0.717) is 19.0 Å². The molecule has 3 heteroatoms. The molecule has 0 aromatic heterocycles. The second kappa shape index (κ2) is 6.38. The van der Waals surface area contributed by atoms with Crippen molar-refractivity contribution in [2.45, 2.75) is 13.3 Å². The van der Waals surface area contributed by atoms with Crippen molar-refractivity contribution in [3.63, 3.8) is 0 Å². The molecule has 0 aliphatic heterocycles. The maximum atomic E-state index is 12.5. The Kier molecular flexibility index (Phi) is 5.00. The van der Waals surface area contributed by atoms with Gasteiger partial charge in [-0.25, -0.2) is 4.39 Å². The number of halogens is 1. The van der Waals surface area contributed by atoms with Crippen LogP contribution in [0, 0.1) is 5.82 Å². The third-order valence-corrected chi connectivity index (χ3v) is 1.72. The van der Waals surface area contributed by atoms with E-state index in [1.54, 1.807) is 12.1 Å². The van der Waals surface area contributed by atoms with Crippen LogP contribution in [-0.2, 0) is 4.74 Å². The molecule has 1 aromatic rings. The molecule has 0 bridgehead atoms. The molecule has 0 fully saturated rings. The fourth-order valence-electron chi connectivity index (χ4n) is 1.03. The van der Waals surface area contributed by atoms with E-state index in [1.165, 1.54) is 12.1 Å². The largest absolute Gasteiger partial charge is 0.494 e. The van der Waals surface area contributed by atoms with Crippen LogP contribution in [-0.4, -0.2) is 19.8 Å². The lowest BCUT2D eigenvalue weighted by molar-refractivity contribution is 0.131. The van der Waals surface area contributed by atoms with Crippen LogP contribution in [0.5, 0.6) is 5.75 Å². The highest BCUT2D eigenvalue weighted by molar-refractivity contribution is 5.21. The molecule has 0 aliphatic carbocycles. The molecule has 0 aliphatic rings. The smallest absolute Gasteiger partial charge is 0.123 e. The number of hydrogen-bond acceptors (Lipinski definition) is 2. The lowest BCUT2D eigenvalue weighted by Crippen LogP contribution is -2.02. The first-order chi connectivity index (χ1) is 6.83. The van der Waals surface area contributed by atoms with Crippen molar-refractivity contribution >= 4 is 0 Å². The molecule has 0 spiro atoms. The summed E-state index contributed by atoms with van der Waals surface area (Å²) in [6.45, 7) is 4.00. The van der Waals surface area contributed by atoms with Crippen molar-refractivity contribution in [3.8, 4) is 5.75 Å². The zero-order valence-corrected chi connectivity index (χ0v) is 8.33. The van der Waals surface area contributed by atoms with E-state index in [2.05, 4.69) is 0 Å². The lowest BCUT2D eigenvalue weighted by Gasteiger charge is -2.05. The van der Waals surface area contributed by atoms with Crippen LogP contribution in [0.2, 0.25) is 0 Å². The first-order valence-electron chi connectivity index (χ1n) is 4.79. The van der Waals surface area contributed by atoms with E-state index in [-0.39, 0.29) is 5.82 Å². The maximum absolute atomic E-state index is 12.5. The van der Waals surface area contributed by atoms with Gasteiger partial charge in [0.2, 0.25) is 0 Å². The molecule has 0 unspecified atom stereocenters. The molecule has 2 nitrogen and oxygen atoms in total. The Morgan fingerprint density at radius 2 is 1.86 bits per heavy atom. The Labute approximate surface area is 83.6 Å². The van der Waals surface area contributed by atoms with E-state index in [0.717, 1.165) is 13.0 Å². The Balaban J connectivity index is 2.15. The summed E-state index contributed by atoms with van der Waals surface area (Å²) in [6.07, 6.45) is 0.852. The Hall–Kier alpha value is -1.09. The summed E-state index contributed by atoms with van der Waals surface area (Å²) in [5.74, 6) is 0.453. The third kappa shape index (κ3) is 4.23. The van der Waals surface area contributed by atoms with Gasteiger partial charge < -0.3 is 9.47 Å². The van der Waals surface area contributed by atoms with Crippen LogP contribution in [0.15, 0.2) is 24.3 Å². The summed E-state index contributed by atoms with van der Waals surface area (Å²) in [7, 11) is 0. The fourth-order valence-corrected chi connectivity index (χ4v) is 1.03. The Morgan fingerprint density at radius 3 is 2.50 bits per heavy atom. The van der Waals surface area contributed by atoms with Gasteiger partial charge in [-0.1, -0.05) is 0 Å². The first-order valence-corrected chi connectivity index (χ1v) is 4.79. The number of rotatable bonds is 6. The van der Waals surface area contributed by atoms with Crippen molar-refractivity contribution < 1.29 is 13.9 Å². The Bertz CT molecular complexity index is 246. The van der Waals surface area contributed by atoms with E-state index < -0.39 is 0 Å². The van der Waals surface area contributed by atoms with Crippen molar-refractivity contribution in [1.29, 1.82) is 0 Å². The molecule has 1 aromatic carbocycles. The van der Waals surface area contributed by atoms with Crippen LogP contribution < -0.4 is 4.74 Å². The van der Waals surface area contributed by atoms with E-state index in [9.17, 15) is 4.39 Å². The molecule has 0 saturated carbocycles. The molecule has 1 rings (SSSR count). The van der Waals surface area contributed by atoms with Crippen molar-refractivity contribution in [2.24, 2.45) is 0 Å². The molecular weight excluding hydrogens is 183 g/mol. The predicted molar refractivity (Wildman–Crippen MR) is 53.0 cm³/mol. The van der Waals surface area contributed by atoms with Gasteiger partial charge in [0.1, 0.15) is 11.6 Å². The summed E-state index contributed by atoms with van der Waals surface area (Å²) in [5, 5.41) is 0. The molecule has 0 saturated heterocycles. The van der Waals surface area contributed by atoms with Gasteiger partial charge >= 0.3 is 0 Å². The van der Waals surface area contributed by atoms with Crippen LogP contribution >= 0.6 is 0 Å². The minimum absolute atomic E-state index is 0.244. The fraction of sp³-hybridized carbons (Fsp3) is 0.455. The number of benzene rings is 1. The van der Waals surface area contributed by atoms with Crippen molar-refractivity contribution in [3.05, 3.63) is 30.1 Å². The minimum atomic E-state index is -0.244. The monoisotopic (exact) mass is 198 g/mol. The zero-order valence-electron chi connectivity index (χ0n) is 8.33. The van der Waals surface area contributed by atoms with Crippen molar-refractivity contribution in [1.82, 2.24) is 0 Å². The summed E-state index contributed by atoms with van der Waals surface area (Å²) < 4.78 is 23.0. The SMILES string of the molecule is CCOCCCOc1ccc(F)cc1. The highest BCUT2D eigenvalue weighted by Gasteiger charge is 1.94. The summed E-state index contributed by atoms with van der Waals surface area (Å²) >= 11 is 0. The molecule has 0 N–H and O–H groups in total. The average Bonchev–Trinajstić information content (AvgIpc) is 2.21. The van der Waals surface area contributed by atoms with Crippen LogP contribution in [0.4, 0.5) is 4.39 Å². The van der Waals surface area contributed by atoms with Gasteiger partial charge in [-0.15, -0.1) is 0 Å². The molecular formula is C11H15FO2. The van der Waals surface area contributed by atoms with E-state index >= 15 is 0 Å². The molecule has 0 amide bonds. The van der Waals surface area contributed by atoms with Crippen molar-refractivity contribution in [2.75, 3.05) is 19.8 Å². The molecule has 14 heavy (non-hydrogen) atoms. The van der Waals surface area contributed by atoms with Crippen LogP contribution in [0.3, 0.4) is 0 Å². The normalized spacial score (nSPS) is 10.1. The predicted octanol–water partition coefficient (Wildman–Crippen LogP) is 2.63.